The second kappa shape index (κ2) is 5.29. The lowest BCUT2D eigenvalue weighted by Gasteiger charge is -2.23. The first kappa shape index (κ1) is 12.2. The Bertz CT molecular complexity index is 242. The van der Waals surface area contributed by atoms with Gasteiger partial charge in [0.15, 0.2) is 0 Å². The van der Waals surface area contributed by atoms with E-state index in [-0.39, 0.29) is 23.7 Å². The van der Waals surface area contributed by atoms with Crippen molar-refractivity contribution in [1.82, 2.24) is 4.90 Å². The van der Waals surface area contributed by atoms with Crippen LogP contribution in [0, 0.1) is 11.8 Å². The SMILES string of the molecule is CCN(C(=O)C(C)C)C(=O)C1CCCC1. The summed E-state index contributed by atoms with van der Waals surface area (Å²) in [6, 6.07) is 0. The van der Waals surface area contributed by atoms with E-state index in [0.29, 0.717) is 6.54 Å². The van der Waals surface area contributed by atoms with Gasteiger partial charge in [0, 0.05) is 18.4 Å². The average Bonchev–Trinajstić information content (AvgIpc) is 2.71. The van der Waals surface area contributed by atoms with E-state index in [0.717, 1.165) is 25.7 Å². The predicted octanol–water partition coefficient (Wildman–Crippen LogP) is 2.21. The van der Waals surface area contributed by atoms with E-state index in [4.69, 9.17) is 0 Å². The van der Waals surface area contributed by atoms with Crippen LogP contribution in [0.4, 0.5) is 0 Å². The molecule has 0 unspecified atom stereocenters. The third-order valence-electron chi connectivity index (χ3n) is 3.05. The molecule has 0 bridgehead atoms. The summed E-state index contributed by atoms with van der Waals surface area (Å²) < 4.78 is 0. The van der Waals surface area contributed by atoms with E-state index < -0.39 is 0 Å². The number of carbonyl (C=O) groups excluding carboxylic acids is 2. The quantitative estimate of drug-likeness (QED) is 0.717. The standard InChI is InChI=1S/C12H21NO2/c1-4-13(11(14)9(2)3)12(15)10-7-5-6-8-10/h9-10H,4-8H2,1-3H3. The fourth-order valence-corrected chi connectivity index (χ4v) is 2.13. The summed E-state index contributed by atoms with van der Waals surface area (Å²) >= 11 is 0. The molecule has 3 heteroatoms. The monoisotopic (exact) mass is 211 g/mol. The molecule has 1 rings (SSSR count). The van der Waals surface area contributed by atoms with Crippen molar-refractivity contribution in [2.45, 2.75) is 46.5 Å². The average molecular weight is 211 g/mol. The van der Waals surface area contributed by atoms with Gasteiger partial charge in [0.1, 0.15) is 0 Å². The molecule has 3 nitrogen and oxygen atoms in total. The number of carbonyl (C=O) groups is 2. The Balaban J connectivity index is 2.64. The van der Waals surface area contributed by atoms with E-state index in [1.807, 2.05) is 20.8 Å². The number of hydrogen-bond donors (Lipinski definition) is 0. The molecule has 0 saturated heterocycles. The molecule has 0 aromatic rings. The van der Waals surface area contributed by atoms with Crippen molar-refractivity contribution in [1.29, 1.82) is 0 Å². The van der Waals surface area contributed by atoms with Crippen molar-refractivity contribution < 1.29 is 9.59 Å². The van der Waals surface area contributed by atoms with Crippen LogP contribution in [0.25, 0.3) is 0 Å². The Morgan fingerprint density at radius 2 is 1.80 bits per heavy atom. The van der Waals surface area contributed by atoms with Crippen LogP contribution in [0.5, 0.6) is 0 Å². The molecule has 0 atom stereocenters. The van der Waals surface area contributed by atoms with Gasteiger partial charge in [-0.1, -0.05) is 26.7 Å². The molecule has 1 saturated carbocycles. The van der Waals surface area contributed by atoms with Crippen LogP contribution in [-0.4, -0.2) is 23.3 Å². The van der Waals surface area contributed by atoms with Crippen molar-refractivity contribution in [2.75, 3.05) is 6.54 Å². The zero-order valence-electron chi connectivity index (χ0n) is 9.95. The molecule has 0 heterocycles. The minimum absolute atomic E-state index is 0.0330. The van der Waals surface area contributed by atoms with E-state index in [1.165, 1.54) is 4.90 Å². The Morgan fingerprint density at radius 1 is 1.27 bits per heavy atom. The molecular formula is C12H21NO2. The minimum Gasteiger partial charge on any atom is -0.282 e. The lowest BCUT2D eigenvalue weighted by Crippen LogP contribution is -2.42. The van der Waals surface area contributed by atoms with Gasteiger partial charge in [0.05, 0.1) is 0 Å². The van der Waals surface area contributed by atoms with Crippen LogP contribution >= 0.6 is 0 Å². The van der Waals surface area contributed by atoms with Crippen LogP contribution < -0.4 is 0 Å². The molecule has 1 aliphatic rings. The van der Waals surface area contributed by atoms with Crippen molar-refractivity contribution in [3.05, 3.63) is 0 Å². The van der Waals surface area contributed by atoms with E-state index in [1.54, 1.807) is 0 Å². The van der Waals surface area contributed by atoms with Crippen molar-refractivity contribution in [2.24, 2.45) is 11.8 Å². The maximum absolute atomic E-state index is 12.0. The Hall–Kier alpha value is -0.860. The summed E-state index contributed by atoms with van der Waals surface area (Å²) in [6.07, 6.45) is 4.18. The van der Waals surface area contributed by atoms with E-state index >= 15 is 0 Å². The lowest BCUT2D eigenvalue weighted by molar-refractivity contribution is -0.149. The molecule has 0 radical (unpaired) electrons. The third kappa shape index (κ3) is 2.80. The predicted molar refractivity (Wildman–Crippen MR) is 59.2 cm³/mol. The smallest absolute Gasteiger partial charge is 0.232 e. The fourth-order valence-electron chi connectivity index (χ4n) is 2.13. The van der Waals surface area contributed by atoms with Crippen molar-refractivity contribution >= 4 is 11.8 Å². The van der Waals surface area contributed by atoms with Crippen LogP contribution in [0.15, 0.2) is 0 Å². The number of nitrogens with zero attached hydrogens (tertiary/aromatic N) is 1. The highest BCUT2D eigenvalue weighted by Crippen LogP contribution is 2.26. The summed E-state index contributed by atoms with van der Waals surface area (Å²) in [5.41, 5.74) is 0. The van der Waals surface area contributed by atoms with Gasteiger partial charge in [-0.25, -0.2) is 0 Å². The second-order valence-corrected chi connectivity index (χ2v) is 4.56. The first-order chi connectivity index (χ1) is 7.07. The van der Waals surface area contributed by atoms with Gasteiger partial charge < -0.3 is 0 Å². The van der Waals surface area contributed by atoms with Crippen LogP contribution in [-0.2, 0) is 9.59 Å². The maximum atomic E-state index is 12.0. The zero-order chi connectivity index (χ0) is 11.4. The molecule has 0 aliphatic heterocycles. The highest BCUT2D eigenvalue weighted by molar-refractivity contribution is 5.97. The summed E-state index contributed by atoms with van der Waals surface area (Å²) in [5.74, 6) is 0.0334. The highest BCUT2D eigenvalue weighted by Gasteiger charge is 2.30. The Labute approximate surface area is 91.8 Å². The first-order valence-corrected chi connectivity index (χ1v) is 5.93. The summed E-state index contributed by atoms with van der Waals surface area (Å²) in [5, 5.41) is 0. The van der Waals surface area contributed by atoms with E-state index in [2.05, 4.69) is 0 Å². The zero-order valence-corrected chi connectivity index (χ0v) is 9.95. The number of rotatable bonds is 3. The van der Waals surface area contributed by atoms with E-state index in [9.17, 15) is 9.59 Å². The summed E-state index contributed by atoms with van der Waals surface area (Å²) in [4.78, 5) is 25.2. The number of hydrogen-bond acceptors (Lipinski definition) is 2. The molecule has 0 aromatic carbocycles. The van der Waals surface area contributed by atoms with Crippen LogP contribution in [0.1, 0.15) is 46.5 Å². The molecule has 15 heavy (non-hydrogen) atoms. The van der Waals surface area contributed by atoms with Gasteiger partial charge in [0.2, 0.25) is 11.8 Å². The molecular weight excluding hydrogens is 190 g/mol. The van der Waals surface area contributed by atoms with Gasteiger partial charge in [-0.15, -0.1) is 0 Å². The number of imide groups is 1. The number of amides is 2. The topological polar surface area (TPSA) is 37.4 Å². The maximum Gasteiger partial charge on any atom is 0.232 e. The van der Waals surface area contributed by atoms with Crippen LogP contribution in [0.2, 0.25) is 0 Å². The van der Waals surface area contributed by atoms with Crippen molar-refractivity contribution in [3.8, 4) is 0 Å². The highest BCUT2D eigenvalue weighted by atomic mass is 16.2. The van der Waals surface area contributed by atoms with Gasteiger partial charge in [0.25, 0.3) is 0 Å². The Morgan fingerprint density at radius 3 is 2.20 bits per heavy atom. The molecule has 1 aliphatic carbocycles. The molecule has 0 aromatic heterocycles. The van der Waals surface area contributed by atoms with Gasteiger partial charge in [-0.05, 0) is 19.8 Å². The fraction of sp³-hybridized carbons (Fsp3) is 0.833. The molecule has 2 amide bonds. The molecule has 86 valence electrons. The molecule has 1 fully saturated rings. The van der Waals surface area contributed by atoms with Gasteiger partial charge in [-0.3, -0.25) is 14.5 Å². The first-order valence-electron chi connectivity index (χ1n) is 5.93. The summed E-state index contributed by atoms with van der Waals surface area (Å²) in [7, 11) is 0. The lowest BCUT2D eigenvalue weighted by atomic mass is 10.1. The van der Waals surface area contributed by atoms with Gasteiger partial charge >= 0.3 is 0 Å². The Kier molecular flexibility index (Phi) is 4.30. The van der Waals surface area contributed by atoms with Crippen molar-refractivity contribution in [3.63, 3.8) is 0 Å². The molecule has 0 N–H and O–H groups in total. The third-order valence-corrected chi connectivity index (χ3v) is 3.05. The minimum atomic E-state index is -0.0877. The second-order valence-electron chi connectivity index (χ2n) is 4.56. The van der Waals surface area contributed by atoms with Crippen LogP contribution in [0.3, 0.4) is 0 Å². The molecule has 0 spiro atoms. The summed E-state index contributed by atoms with van der Waals surface area (Å²) in [6.45, 7) is 6.05. The van der Waals surface area contributed by atoms with Gasteiger partial charge in [-0.2, -0.15) is 0 Å². The normalized spacial score (nSPS) is 17.1. The largest absolute Gasteiger partial charge is 0.282 e.